The second-order valence-corrected chi connectivity index (χ2v) is 5.46. The summed E-state index contributed by atoms with van der Waals surface area (Å²) in [6, 6.07) is 9.15. The lowest BCUT2D eigenvalue weighted by molar-refractivity contribution is 0.0760. The van der Waals surface area contributed by atoms with E-state index in [0.717, 1.165) is 38.3 Å². The van der Waals surface area contributed by atoms with E-state index in [-0.39, 0.29) is 18.3 Å². The minimum Gasteiger partial charge on any atom is -0.336 e. The zero-order valence-electron chi connectivity index (χ0n) is 12.0. The molecule has 0 spiro atoms. The molecule has 0 unspecified atom stereocenters. The maximum atomic E-state index is 12.5. The number of aromatic nitrogens is 2. The van der Waals surface area contributed by atoms with Crippen molar-refractivity contribution in [1.29, 1.82) is 0 Å². The van der Waals surface area contributed by atoms with Gasteiger partial charge >= 0.3 is 0 Å². The van der Waals surface area contributed by atoms with Crippen LogP contribution in [0.5, 0.6) is 0 Å². The Kier molecular flexibility index (Phi) is 5.83. The predicted octanol–water partition coefficient (Wildman–Crippen LogP) is 2.38. The molecule has 5 nitrogen and oxygen atoms in total. The van der Waals surface area contributed by atoms with Crippen LogP contribution in [-0.4, -0.2) is 46.8 Å². The molecule has 7 heteroatoms. The van der Waals surface area contributed by atoms with E-state index in [1.54, 1.807) is 16.9 Å². The fraction of sp³-hybridized carbons (Fsp3) is 0.333. The molecule has 2 heterocycles. The van der Waals surface area contributed by atoms with Crippen molar-refractivity contribution in [2.24, 2.45) is 0 Å². The molecule has 2 aromatic rings. The summed E-state index contributed by atoms with van der Waals surface area (Å²) in [4.78, 5) is 14.3. The molecule has 0 atom stereocenters. The molecular weight excluding hydrogens is 323 g/mol. The maximum absolute atomic E-state index is 12.5. The fourth-order valence-corrected chi connectivity index (χ4v) is 2.60. The van der Waals surface area contributed by atoms with Crippen molar-refractivity contribution in [2.75, 3.05) is 26.2 Å². The van der Waals surface area contributed by atoms with E-state index in [0.29, 0.717) is 10.7 Å². The van der Waals surface area contributed by atoms with Crippen LogP contribution in [0.15, 0.2) is 36.5 Å². The highest BCUT2D eigenvalue weighted by molar-refractivity contribution is 6.30. The highest BCUT2D eigenvalue weighted by Crippen LogP contribution is 2.15. The molecular formula is C15H18Cl2N4O. The number of benzene rings is 1. The van der Waals surface area contributed by atoms with E-state index in [9.17, 15) is 4.79 Å². The first-order valence-corrected chi connectivity index (χ1v) is 7.43. The second kappa shape index (κ2) is 7.63. The van der Waals surface area contributed by atoms with Crippen LogP contribution in [0, 0.1) is 0 Å². The van der Waals surface area contributed by atoms with Gasteiger partial charge in [-0.05, 0) is 37.2 Å². The Morgan fingerprint density at radius 3 is 2.91 bits per heavy atom. The molecule has 1 aromatic heterocycles. The van der Waals surface area contributed by atoms with Gasteiger partial charge in [0.15, 0.2) is 5.69 Å². The normalized spacial score (nSPS) is 15.0. The topological polar surface area (TPSA) is 50.2 Å². The number of nitrogens with zero attached hydrogens (tertiary/aromatic N) is 3. The molecule has 1 aliphatic heterocycles. The maximum Gasteiger partial charge on any atom is 0.274 e. The summed E-state index contributed by atoms with van der Waals surface area (Å²) in [5.74, 6) is -0.0144. The standard InChI is InChI=1S/C15H17ClN4O.ClH/c16-12-3-1-4-13(11-12)20-9-5-14(18-20)15(21)19-8-2-6-17-7-10-19;/h1,3-5,9,11,17H,2,6-8,10H2;1H. The summed E-state index contributed by atoms with van der Waals surface area (Å²) in [5, 5.41) is 8.31. The molecule has 22 heavy (non-hydrogen) atoms. The molecule has 0 bridgehead atoms. The van der Waals surface area contributed by atoms with Gasteiger partial charge < -0.3 is 10.2 Å². The van der Waals surface area contributed by atoms with Crippen LogP contribution in [-0.2, 0) is 0 Å². The number of rotatable bonds is 2. The monoisotopic (exact) mass is 340 g/mol. The van der Waals surface area contributed by atoms with Gasteiger partial charge in [0.1, 0.15) is 0 Å². The van der Waals surface area contributed by atoms with Gasteiger partial charge in [-0.15, -0.1) is 12.4 Å². The minimum atomic E-state index is -0.0144. The number of hydrogen-bond acceptors (Lipinski definition) is 3. The minimum absolute atomic E-state index is 0. The number of halogens is 2. The molecule has 1 saturated heterocycles. The van der Waals surface area contributed by atoms with E-state index in [2.05, 4.69) is 10.4 Å². The van der Waals surface area contributed by atoms with E-state index in [4.69, 9.17) is 11.6 Å². The number of carbonyl (C=O) groups is 1. The van der Waals surface area contributed by atoms with Gasteiger partial charge in [0.25, 0.3) is 5.91 Å². The Labute approximate surface area is 140 Å². The van der Waals surface area contributed by atoms with E-state index < -0.39 is 0 Å². The summed E-state index contributed by atoms with van der Waals surface area (Å²) in [5.41, 5.74) is 1.32. The first-order valence-electron chi connectivity index (χ1n) is 7.06. The zero-order valence-corrected chi connectivity index (χ0v) is 13.6. The molecule has 1 aromatic carbocycles. The molecule has 1 amide bonds. The molecule has 1 N–H and O–H groups in total. The van der Waals surface area contributed by atoms with E-state index in [1.165, 1.54) is 0 Å². The molecule has 1 aliphatic rings. The summed E-state index contributed by atoms with van der Waals surface area (Å²) >= 11 is 5.98. The molecule has 0 saturated carbocycles. The average Bonchev–Trinajstić information content (AvgIpc) is 2.82. The Morgan fingerprint density at radius 1 is 1.23 bits per heavy atom. The number of hydrogen-bond donors (Lipinski definition) is 1. The molecule has 1 fully saturated rings. The lowest BCUT2D eigenvalue weighted by Crippen LogP contribution is -2.34. The Balaban J connectivity index is 0.00000176. The molecule has 3 rings (SSSR count). The largest absolute Gasteiger partial charge is 0.336 e. The Hall–Kier alpha value is -1.56. The summed E-state index contributed by atoms with van der Waals surface area (Å²) in [6.45, 7) is 3.29. The lowest BCUT2D eigenvalue weighted by atomic mass is 10.3. The first kappa shape index (κ1) is 16.8. The van der Waals surface area contributed by atoms with Crippen LogP contribution < -0.4 is 5.32 Å². The van der Waals surface area contributed by atoms with Crippen LogP contribution in [0.2, 0.25) is 5.02 Å². The summed E-state index contributed by atoms with van der Waals surface area (Å²) in [7, 11) is 0. The van der Waals surface area contributed by atoms with Gasteiger partial charge in [-0.3, -0.25) is 4.79 Å². The van der Waals surface area contributed by atoms with Crippen molar-refractivity contribution in [3.8, 4) is 5.69 Å². The smallest absolute Gasteiger partial charge is 0.274 e. The van der Waals surface area contributed by atoms with Crippen LogP contribution in [0.1, 0.15) is 16.9 Å². The fourth-order valence-electron chi connectivity index (χ4n) is 2.41. The van der Waals surface area contributed by atoms with Crippen LogP contribution in [0.25, 0.3) is 5.69 Å². The third-order valence-corrected chi connectivity index (χ3v) is 3.74. The van der Waals surface area contributed by atoms with Gasteiger partial charge in [0.2, 0.25) is 0 Å². The lowest BCUT2D eigenvalue weighted by Gasteiger charge is -2.18. The van der Waals surface area contributed by atoms with Gasteiger partial charge in [0, 0.05) is 30.9 Å². The molecule has 0 aliphatic carbocycles. The van der Waals surface area contributed by atoms with Crippen molar-refractivity contribution in [3.05, 3.63) is 47.2 Å². The van der Waals surface area contributed by atoms with Crippen LogP contribution >= 0.6 is 24.0 Å². The van der Waals surface area contributed by atoms with Gasteiger partial charge in [-0.2, -0.15) is 5.10 Å². The van der Waals surface area contributed by atoms with Gasteiger partial charge in [-0.1, -0.05) is 17.7 Å². The highest BCUT2D eigenvalue weighted by Gasteiger charge is 2.19. The van der Waals surface area contributed by atoms with Gasteiger partial charge in [0.05, 0.1) is 5.69 Å². The van der Waals surface area contributed by atoms with Gasteiger partial charge in [-0.25, -0.2) is 4.68 Å². The van der Waals surface area contributed by atoms with Crippen molar-refractivity contribution < 1.29 is 4.79 Å². The van der Waals surface area contributed by atoms with Crippen LogP contribution in [0.3, 0.4) is 0 Å². The van der Waals surface area contributed by atoms with Crippen molar-refractivity contribution in [2.45, 2.75) is 6.42 Å². The van der Waals surface area contributed by atoms with Crippen LogP contribution in [0.4, 0.5) is 0 Å². The zero-order chi connectivity index (χ0) is 14.7. The molecule has 118 valence electrons. The quantitative estimate of drug-likeness (QED) is 0.913. The summed E-state index contributed by atoms with van der Waals surface area (Å²) < 4.78 is 1.68. The van der Waals surface area contributed by atoms with Crippen molar-refractivity contribution >= 4 is 29.9 Å². The van der Waals surface area contributed by atoms with Crippen molar-refractivity contribution in [3.63, 3.8) is 0 Å². The van der Waals surface area contributed by atoms with E-state index >= 15 is 0 Å². The first-order chi connectivity index (χ1) is 10.2. The summed E-state index contributed by atoms with van der Waals surface area (Å²) in [6.07, 6.45) is 2.76. The highest BCUT2D eigenvalue weighted by atomic mass is 35.5. The molecule has 0 radical (unpaired) electrons. The number of amides is 1. The third-order valence-electron chi connectivity index (χ3n) is 3.51. The predicted molar refractivity (Wildman–Crippen MR) is 89.2 cm³/mol. The average molecular weight is 341 g/mol. The Bertz CT molecular complexity index is 636. The Morgan fingerprint density at radius 2 is 2.09 bits per heavy atom. The second-order valence-electron chi connectivity index (χ2n) is 5.02. The SMILES string of the molecule is Cl.O=C(c1ccn(-c2cccc(Cl)c2)n1)N1CCCNCC1. The van der Waals surface area contributed by atoms with Crippen molar-refractivity contribution in [1.82, 2.24) is 20.0 Å². The third kappa shape index (κ3) is 3.80. The van der Waals surface area contributed by atoms with E-state index in [1.807, 2.05) is 29.2 Å². The number of nitrogens with one attached hydrogen (secondary N) is 1. The number of carbonyl (C=O) groups excluding carboxylic acids is 1.